The predicted molar refractivity (Wildman–Crippen MR) is 109 cm³/mol. The number of hydrogen-bond donors (Lipinski definition) is 2. The Morgan fingerprint density at radius 1 is 1.11 bits per heavy atom. The second-order valence-corrected chi connectivity index (χ2v) is 7.73. The van der Waals surface area contributed by atoms with Crippen LogP contribution in [0.2, 0.25) is 0 Å². The number of rotatable bonds is 6. The number of aryl methyl sites for hydroxylation is 1. The molecule has 0 fully saturated rings. The quantitative estimate of drug-likeness (QED) is 0.616. The van der Waals surface area contributed by atoms with Crippen LogP contribution in [0.15, 0.2) is 57.8 Å². The van der Waals surface area contributed by atoms with Gasteiger partial charge < -0.3 is 15.1 Å². The molecule has 0 bridgehead atoms. The summed E-state index contributed by atoms with van der Waals surface area (Å²) in [7, 11) is 0. The molecule has 0 aliphatic rings. The van der Waals surface area contributed by atoms with Crippen LogP contribution in [0.3, 0.4) is 0 Å². The zero-order chi connectivity index (χ0) is 19.4. The van der Waals surface area contributed by atoms with Crippen LogP contribution in [-0.2, 0) is 16.1 Å². The van der Waals surface area contributed by atoms with Gasteiger partial charge in [-0.25, -0.2) is 0 Å². The van der Waals surface area contributed by atoms with Gasteiger partial charge in [-0.3, -0.25) is 9.59 Å². The molecule has 1 heterocycles. The monoisotopic (exact) mass is 382 g/mol. The van der Waals surface area contributed by atoms with Gasteiger partial charge in [-0.05, 0) is 44.2 Å². The van der Waals surface area contributed by atoms with Crippen molar-refractivity contribution < 1.29 is 14.0 Å². The van der Waals surface area contributed by atoms with Crippen LogP contribution in [0.5, 0.6) is 0 Å². The Balaban J connectivity index is 1.59. The highest BCUT2D eigenvalue weighted by atomic mass is 32.2. The van der Waals surface area contributed by atoms with Gasteiger partial charge in [-0.1, -0.05) is 18.2 Å². The number of hydrogen-bond acceptors (Lipinski definition) is 4. The average Bonchev–Trinajstić information content (AvgIpc) is 2.96. The van der Waals surface area contributed by atoms with Crippen molar-refractivity contribution in [2.24, 2.45) is 0 Å². The first kappa shape index (κ1) is 19.0. The normalized spacial score (nSPS) is 12.0. The summed E-state index contributed by atoms with van der Waals surface area (Å²) in [6.07, 6.45) is 0. The highest BCUT2D eigenvalue weighted by Crippen LogP contribution is 2.27. The molecular weight excluding hydrogens is 360 g/mol. The molecular formula is C21H22N2O3S. The number of carbonyl (C=O) groups excluding carboxylic acids is 2. The zero-order valence-electron chi connectivity index (χ0n) is 15.5. The van der Waals surface area contributed by atoms with E-state index in [1.807, 2.05) is 62.4 Å². The van der Waals surface area contributed by atoms with E-state index in [-0.39, 0.29) is 17.1 Å². The first-order chi connectivity index (χ1) is 12.9. The Morgan fingerprint density at radius 2 is 1.81 bits per heavy atom. The molecule has 0 spiro atoms. The molecule has 0 unspecified atom stereocenters. The second kappa shape index (κ2) is 8.31. The van der Waals surface area contributed by atoms with E-state index in [4.69, 9.17) is 4.42 Å². The van der Waals surface area contributed by atoms with Crippen molar-refractivity contribution in [3.05, 3.63) is 59.9 Å². The number of benzene rings is 2. The number of nitrogens with one attached hydrogen (secondary N) is 2. The molecule has 140 valence electrons. The maximum absolute atomic E-state index is 12.5. The topological polar surface area (TPSA) is 71.3 Å². The predicted octanol–water partition coefficient (Wildman–Crippen LogP) is 4.50. The summed E-state index contributed by atoms with van der Waals surface area (Å²) in [6, 6.07) is 15.3. The van der Waals surface area contributed by atoms with Gasteiger partial charge in [-0.2, -0.15) is 0 Å². The fraction of sp³-hybridized carbons (Fsp3) is 0.238. The van der Waals surface area contributed by atoms with Gasteiger partial charge in [0.25, 0.3) is 0 Å². The van der Waals surface area contributed by atoms with Crippen molar-refractivity contribution in [2.45, 2.75) is 37.5 Å². The Hall–Kier alpha value is -2.73. The molecule has 2 N–H and O–H groups in total. The van der Waals surface area contributed by atoms with Gasteiger partial charge in [0.1, 0.15) is 11.3 Å². The van der Waals surface area contributed by atoms with Crippen LogP contribution in [-0.4, -0.2) is 17.1 Å². The Morgan fingerprint density at radius 3 is 2.52 bits per heavy atom. The minimum atomic E-state index is -0.241. The van der Waals surface area contributed by atoms with Crippen LogP contribution in [0.25, 0.3) is 11.0 Å². The van der Waals surface area contributed by atoms with E-state index in [1.54, 1.807) is 0 Å². The largest absolute Gasteiger partial charge is 0.461 e. The van der Waals surface area contributed by atoms with E-state index >= 15 is 0 Å². The van der Waals surface area contributed by atoms with Crippen LogP contribution in [0.1, 0.15) is 25.2 Å². The number of carbonyl (C=O) groups is 2. The lowest BCUT2D eigenvalue weighted by molar-refractivity contribution is -0.120. The highest BCUT2D eigenvalue weighted by molar-refractivity contribution is 8.00. The van der Waals surface area contributed by atoms with E-state index in [0.29, 0.717) is 6.54 Å². The SMILES string of the molecule is CC(=O)Nc1ccc(S[C@@H](C)C(=O)NCc2c(C)oc3ccccc23)cc1. The molecule has 0 radical (unpaired) electrons. The van der Waals surface area contributed by atoms with Gasteiger partial charge in [0, 0.05) is 35.0 Å². The number of fused-ring (bicyclic) bond motifs is 1. The van der Waals surface area contributed by atoms with Crippen LogP contribution < -0.4 is 10.6 Å². The Bertz CT molecular complexity index is 963. The maximum atomic E-state index is 12.5. The molecule has 1 atom stereocenters. The molecule has 2 aromatic carbocycles. The lowest BCUT2D eigenvalue weighted by Gasteiger charge is -2.12. The number of anilines is 1. The van der Waals surface area contributed by atoms with Gasteiger partial charge in [-0.15, -0.1) is 11.8 Å². The summed E-state index contributed by atoms with van der Waals surface area (Å²) in [5.41, 5.74) is 2.59. The van der Waals surface area contributed by atoms with Crippen molar-refractivity contribution >= 4 is 40.2 Å². The lowest BCUT2D eigenvalue weighted by Crippen LogP contribution is -2.30. The van der Waals surface area contributed by atoms with Gasteiger partial charge >= 0.3 is 0 Å². The summed E-state index contributed by atoms with van der Waals surface area (Å²) in [5.74, 6) is 0.686. The van der Waals surface area contributed by atoms with Crippen molar-refractivity contribution in [2.75, 3.05) is 5.32 Å². The highest BCUT2D eigenvalue weighted by Gasteiger charge is 2.16. The summed E-state index contributed by atoms with van der Waals surface area (Å²) in [5, 5.41) is 6.52. The molecule has 1 aromatic heterocycles. The third-order valence-corrected chi connectivity index (χ3v) is 5.31. The fourth-order valence-electron chi connectivity index (χ4n) is 2.84. The molecule has 0 saturated carbocycles. The summed E-state index contributed by atoms with van der Waals surface area (Å²) in [6.45, 7) is 5.70. The molecule has 3 rings (SSSR count). The standard InChI is InChI=1S/C21H22N2O3S/c1-13-19(18-6-4-5-7-20(18)26-13)12-22-21(25)14(2)27-17-10-8-16(9-11-17)23-15(3)24/h4-11,14H,12H2,1-3H3,(H,22,25)(H,23,24)/t14-/m0/s1. The Kier molecular flexibility index (Phi) is 5.86. The van der Waals surface area contributed by atoms with E-state index in [9.17, 15) is 9.59 Å². The molecule has 6 heteroatoms. The van der Waals surface area contributed by atoms with Crippen LogP contribution in [0.4, 0.5) is 5.69 Å². The van der Waals surface area contributed by atoms with Gasteiger partial charge in [0.2, 0.25) is 11.8 Å². The summed E-state index contributed by atoms with van der Waals surface area (Å²) >= 11 is 1.48. The first-order valence-electron chi connectivity index (χ1n) is 8.73. The first-order valence-corrected chi connectivity index (χ1v) is 9.61. The Labute approximate surface area is 162 Å². The van der Waals surface area contributed by atoms with Gasteiger partial charge in [0.15, 0.2) is 0 Å². The number of amides is 2. The molecule has 0 saturated heterocycles. The number of furan rings is 1. The molecule has 3 aromatic rings. The molecule has 5 nitrogen and oxygen atoms in total. The van der Waals surface area contributed by atoms with Crippen molar-refractivity contribution in [1.82, 2.24) is 5.32 Å². The van der Waals surface area contributed by atoms with E-state index < -0.39 is 0 Å². The summed E-state index contributed by atoms with van der Waals surface area (Å²) < 4.78 is 5.74. The van der Waals surface area contributed by atoms with Crippen molar-refractivity contribution in [1.29, 1.82) is 0 Å². The van der Waals surface area contributed by atoms with Crippen molar-refractivity contribution in [3.63, 3.8) is 0 Å². The lowest BCUT2D eigenvalue weighted by atomic mass is 10.1. The minimum Gasteiger partial charge on any atom is -0.461 e. The second-order valence-electron chi connectivity index (χ2n) is 6.32. The zero-order valence-corrected chi connectivity index (χ0v) is 16.4. The number of para-hydroxylation sites is 1. The van der Waals surface area contributed by atoms with Crippen LogP contribution >= 0.6 is 11.8 Å². The number of thioether (sulfide) groups is 1. The third kappa shape index (κ3) is 4.71. The smallest absolute Gasteiger partial charge is 0.233 e. The molecule has 0 aliphatic carbocycles. The average molecular weight is 382 g/mol. The maximum Gasteiger partial charge on any atom is 0.233 e. The van der Waals surface area contributed by atoms with Gasteiger partial charge in [0.05, 0.1) is 5.25 Å². The van der Waals surface area contributed by atoms with E-state index in [0.717, 1.165) is 32.9 Å². The van der Waals surface area contributed by atoms with Crippen LogP contribution in [0, 0.1) is 6.92 Å². The summed E-state index contributed by atoms with van der Waals surface area (Å²) in [4.78, 5) is 24.5. The van der Waals surface area contributed by atoms with E-state index in [1.165, 1.54) is 18.7 Å². The van der Waals surface area contributed by atoms with E-state index in [2.05, 4.69) is 10.6 Å². The third-order valence-electron chi connectivity index (χ3n) is 4.20. The fourth-order valence-corrected chi connectivity index (χ4v) is 3.73. The minimum absolute atomic E-state index is 0.0318. The molecule has 2 amide bonds. The molecule has 0 aliphatic heterocycles. The molecule has 27 heavy (non-hydrogen) atoms. The van der Waals surface area contributed by atoms with Crippen molar-refractivity contribution in [3.8, 4) is 0 Å².